The van der Waals surface area contributed by atoms with E-state index in [4.69, 9.17) is 0 Å². The molecule has 1 nitrogen and oxygen atoms in total. The van der Waals surface area contributed by atoms with Gasteiger partial charge in [0.15, 0.2) is 12.4 Å². The third-order valence-corrected chi connectivity index (χ3v) is 7.94. The Bertz CT molecular complexity index is 546. The lowest BCUT2D eigenvalue weighted by molar-refractivity contribution is -0.698. The van der Waals surface area contributed by atoms with Crippen LogP contribution in [0.1, 0.15) is 186 Å². The van der Waals surface area contributed by atoms with Crippen molar-refractivity contribution in [1.82, 2.24) is 0 Å². The summed E-state index contributed by atoms with van der Waals surface area (Å²) in [4.78, 5) is 0. The van der Waals surface area contributed by atoms with Crippen LogP contribution in [0.25, 0.3) is 0 Å². The van der Waals surface area contributed by atoms with Crippen molar-refractivity contribution in [3.05, 3.63) is 29.6 Å². The largest absolute Gasteiger partial charge is 0.205 e. The molecule has 1 rings (SSSR count). The SMILES string of the molecule is CCCCCCCCCCCCCCCC[n+]1cc(CCCCCCC)cc(CCCCCCC)c1. The smallest absolute Gasteiger partial charge is 0.171 e. The highest BCUT2D eigenvalue weighted by atomic mass is 14.9. The quantitative estimate of drug-likeness (QED) is 0.0835. The normalized spacial score (nSPS) is 11.4. The molecule has 0 atom stereocenters. The van der Waals surface area contributed by atoms with Crippen LogP contribution in [-0.4, -0.2) is 0 Å². The van der Waals surface area contributed by atoms with Crippen LogP contribution in [0.3, 0.4) is 0 Å². The molecule has 1 heteroatoms. The highest BCUT2D eigenvalue weighted by molar-refractivity contribution is 5.15. The van der Waals surface area contributed by atoms with Gasteiger partial charge in [0.2, 0.25) is 0 Å². The molecule has 0 spiro atoms. The number of hydrogen-bond acceptors (Lipinski definition) is 0. The molecule has 1 heterocycles. The van der Waals surface area contributed by atoms with E-state index < -0.39 is 0 Å². The van der Waals surface area contributed by atoms with E-state index >= 15 is 0 Å². The van der Waals surface area contributed by atoms with Gasteiger partial charge in [-0.3, -0.25) is 0 Å². The van der Waals surface area contributed by atoms with Gasteiger partial charge >= 0.3 is 0 Å². The number of nitrogens with zero attached hydrogens (tertiary/aromatic N) is 1. The molecule has 1 aromatic rings. The third-order valence-electron chi connectivity index (χ3n) is 7.94. The molecule has 0 radical (unpaired) electrons. The predicted molar refractivity (Wildman–Crippen MR) is 162 cm³/mol. The molecule has 0 fully saturated rings. The minimum atomic E-state index is 1.21. The Balaban J connectivity index is 2.24. The molecule has 0 aliphatic carbocycles. The maximum absolute atomic E-state index is 2.54. The Morgan fingerprint density at radius 1 is 0.389 bits per heavy atom. The number of unbranched alkanes of at least 4 members (excludes halogenated alkanes) is 21. The molecule has 1 aromatic heterocycles. The first-order chi connectivity index (χ1) is 17.8. The van der Waals surface area contributed by atoms with Gasteiger partial charge in [0, 0.05) is 17.5 Å². The fourth-order valence-corrected chi connectivity index (χ4v) is 5.53. The number of hydrogen-bond donors (Lipinski definition) is 0. The molecule has 0 amide bonds. The van der Waals surface area contributed by atoms with Gasteiger partial charge in [0.05, 0.1) is 0 Å². The summed E-state index contributed by atoms with van der Waals surface area (Å²) < 4.78 is 2.54. The maximum atomic E-state index is 2.54. The van der Waals surface area contributed by atoms with E-state index in [-0.39, 0.29) is 0 Å². The van der Waals surface area contributed by atoms with Crippen LogP contribution in [0.2, 0.25) is 0 Å². The molecule has 0 bridgehead atoms. The molecule has 0 N–H and O–H groups in total. The summed E-state index contributed by atoms with van der Waals surface area (Å²) in [7, 11) is 0. The Morgan fingerprint density at radius 2 is 0.694 bits per heavy atom. The Labute approximate surface area is 228 Å². The van der Waals surface area contributed by atoms with E-state index in [0.29, 0.717) is 0 Å². The topological polar surface area (TPSA) is 3.88 Å². The molecule has 0 saturated heterocycles. The lowest BCUT2D eigenvalue weighted by atomic mass is 10.0. The fraction of sp³-hybridized carbons (Fsp3) is 0.857. The first-order valence-electron chi connectivity index (χ1n) is 16.8. The Hall–Kier alpha value is -0.850. The molecule has 0 aliphatic rings. The van der Waals surface area contributed by atoms with Crippen molar-refractivity contribution >= 4 is 0 Å². The zero-order valence-corrected chi connectivity index (χ0v) is 25.3. The zero-order valence-electron chi connectivity index (χ0n) is 25.3. The van der Waals surface area contributed by atoms with Gasteiger partial charge in [0.1, 0.15) is 6.54 Å². The highest BCUT2D eigenvalue weighted by Gasteiger charge is 2.08. The van der Waals surface area contributed by atoms with Gasteiger partial charge in [0.25, 0.3) is 0 Å². The lowest BCUT2D eigenvalue weighted by Gasteiger charge is -2.07. The second kappa shape index (κ2) is 25.8. The Kier molecular flexibility index (Phi) is 23.8. The second-order valence-electron chi connectivity index (χ2n) is 11.7. The molecular weight excluding hydrogens is 434 g/mol. The second-order valence-corrected chi connectivity index (χ2v) is 11.7. The maximum Gasteiger partial charge on any atom is 0.171 e. The summed E-state index contributed by atoms with van der Waals surface area (Å²) in [6, 6.07) is 2.53. The van der Waals surface area contributed by atoms with Crippen molar-refractivity contribution in [2.75, 3.05) is 0 Å². The number of aromatic nitrogens is 1. The molecule has 210 valence electrons. The van der Waals surface area contributed by atoms with Crippen LogP contribution in [-0.2, 0) is 19.4 Å². The van der Waals surface area contributed by atoms with Gasteiger partial charge in [-0.2, -0.15) is 0 Å². The van der Waals surface area contributed by atoms with Gasteiger partial charge < -0.3 is 0 Å². The van der Waals surface area contributed by atoms with E-state index in [1.54, 1.807) is 11.1 Å². The van der Waals surface area contributed by atoms with E-state index in [0.717, 1.165) is 0 Å². The number of rotatable bonds is 27. The van der Waals surface area contributed by atoms with Crippen LogP contribution in [0, 0.1) is 0 Å². The molecule has 0 saturated carbocycles. The highest BCUT2D eigenvalue weighted by Crippen LogP contribution is 2.15. The molecule has 36 heavy (non-hydrogen) atoms. The van der Waals surface area contributed by atoms with Crippen molar-refractivity contribution in [3.8, 4) is 0 Å². The summed E-state index contributed by atoms with van der Waals surface area (Å²) >= 11 is 0. The zero-order chi connectivity index (χ0) is 25.9. The van der Waals surface area contributed by atoms with E-state index in [1.165, 1.54) is 173 Å². The Morgan fingerprint density at radius 3 is 1.06 bits per heavy atom. The third kappa shape index (κ3) is 20.2. The van der Waals surface area contributed by atoms with Crippen molar-refractivity contribution in [1.29, 1.82) is 0 Å². The van der Waals surface area contributed by atoms with Gasteiger partial charge in [-0.1, -0.05) is 149 Å². The van der Waals surface area contributed by atoms with Crippen molar-refractivity contribution in [2.45, 2.75) is 194 Å². The number of aryl methyl sites for hydroxylation is 3. The average Bonchev–Trinajstić information content (AvgIpc) is 2.88. The minimum absolute atomic E-state index is 1.21. The monoisotopic (exact) mass is 501 g/mol. The van der Waals surface area contributed by atoms with Crippen LogP contribution >= 0.6 is 0 Å². The standard InChI is InChI=1S/C35H66N/c1-4-7-10-13-14-15-16-17-18-19-20-21-24-27-30-36-32-34(28-25-22-11-8-5-2)31-35(33-36)29-26-23-12-9-6-3/h31-33H,4-30H2,1-3H3/q+1. The van der Waals surface area contributed by atoms with Crippen LogP contribution in [0.4, 0.5) is 0 Å². The van der Waals surface area contributed by atoms with E-state index in [9.17, 15) is 0 Å². The van der Waals surface area contributed by atoms with Gasteiger partial charge in [-0.25, -0.2) is 4.57 Å². The summed E-state index contributed by atoms with van der Waals surface area (Å²) in [5, 5.41) is 0. The van der Waals surface area contributed by atoms with Gasteiger partial charge in [-0.15, -0.1) is 0 Å². The summed E-state index contributed by atoms with van der Waals surface area (Å²) in [5.41, 5.74) is 3.17. The minimum Gasteiger partial charge on any atom is -0.205 e. The van der Waals surface area contributed by atoms with Crippen molar-refractivity contribution in [3.63, 3.8) is 0 Å². The van der Waals surface area contributed by atoms with Crippen molar-refractivity contribution in [2.24, 2.45) is 0 Å². The fourth-order valence-electron chi connectivity index (χ4n) is 5.53. The first kappa shape index (κ1) is 33.2. The van der Waals surface area contributed by atoms with Gasteiger partial charge in [-0.05, 0) is 38.2 Å². The van der Waals surface area contributed by atoms with Crippen LogP contribution < -0.4 is 4.57 Å². The first-order valence-corrected chi connectivity index (χ1v) is 16.8. The molecule has 0 aromatic carbocycles. The van der Waals surface area contributed by atoms with E-state index in [2.05, 4.69) is 43.8 Å². The summed E-state index contributed by atoms with van der Waals surface area (Å²) in [6.45, 7) is 8.14. The van der Waals surface area contributed by atoms with Crippen LogP contribution in [0.5, 0.6) is 0 Å². The van der Waals surface area contributed by atoms with Crippen LogP contribution in [0.15, 0.2) is 18.5 Å². The van der Waals surface area contributed by atoms with E-state index in [1.807, 2.05) is 0 Å². The molecular formula is C35H66N+. The molecule has 0 aliphatic heterocycles. The average molecular weight is 501 g/mol. The summed E-state index contributed by atoms with van der Waals surface area (Å²) in [5.74, 6) is 0. The number of pyridine rings is 1. The van der Waals surface area contributed by atoms with Crippen molar-refractivity contribution < 1.29 is 4.57 Å². The lowest BCUT2D eigenvalue weighted by Crippen LogP contribution is -2.34. The molecule has 0 unspecified atom stereocenters. The predicted octanol–water partition coefficient (Wildman–Crippen LogP) is 11.5. The summed E-state index contributed by atoms with van der Waals surface area (Å²) in [6.07, 6.45) is 41.4.